The third kappa shape index (κ3) is 4.33. The quantitative estimate of drug-likeness (QED) is 0.619. The normalized spacial score (nSPS) is 10.6. The number of amides is 1. The summed E-state index contributed by atoms with van der Waals surface area (Å²) < 4.78 is 5.92. The van der Waals surface area contributed by atoms with E-state index in [4.69, 9.17) is 4.74 Å². The van der Waals surface area contributed by atoms with Crippen LogP contribution in [0.1, 0.15) is 37.5 Å². The first-order valence-corrected chi connectivity index (χ1v) is 9.46. The molecule has 0 bridgehead atoms. The van der Waals surface area contributed by atoms with Gasteiger partial charge in [-0.25, -0.2) is 0 Å². The van der Waals surface area contributed by atoms with Crippen LogP contribution in [0.3, 0.4) is 0 Å². The van der Waals surface area contributed by atoms with E-state index in [1.807, 2.05) is 56.5 Å². The molecule has 0 aliphatic rings. The van der Waals surface area contributed by atoms with Gasteiger partial charge in [-0.15, -0.1) is 11.3 Å². The van der Waals surface area contributed by atoms with Crippen molar-refractivity contribution in [2.24, 2.45) is 0 Å². The molecule has 26 heavy (non-hydrogen) atoms. The largest absolute Gasteiger partial charge is 0.489 e. The van der Waals surface area contributed by atoms with Crippen molar-refractivity contribution in [3.8, 4) is 5.75 Å². The van der Waals surface area contributed by atoms with Gasteiger partial charge in [0, 0.05) is 11.3 Å². The van der Waals surface area contributed by atoms with Gasteiger partial charge in [-0.2, -0.15) is 0 Å². The van der Waals surface area contributed by atoms with E-state index < -0.39 is 0 Å². The molecule has 0 aliphatic carbocycles. The maximum Gasteiger partial charge on any atom is 0.265 e. The van der Waals surface area contributed by atoms with Crippen LogP contribution in [-0.2, 0) is 6.61 Å². The molecule has 1 N–H and O–H groups in total. The van der Waals surface area contributed by atoms with E-state index >= 15 is 0 Å². The first-order chi connectivity index (χ1) is 12.4. The summed E-state index contributed by atoms with van der Waals surface area (Å²) in [4.78, 5) is 13.1. The molecule has 0 atom stereocenters. The highest BCUT2D eigenvalue weighted by Crippen LogP contribution is 2.23. The van der Waals surface area contributed by atoms with Crippen LogP contribution in [0.4, 0.5) is 5.69 Å². The van der Waals surface area contributed by atoms with Crippen LogP contribution in [0.25, 0.3) is 0 Å². The van der Waals surface area contributed by atoms with Gasteiger partial charge in [0.1, 0.15) is 12.4 Å². The predicted octanol–water partition coefficient (Wildman–Crippen LogP) is 5.81. The molecule has 1 aromatic heterocycles. The molecule has 3 aromatic rings. The van der Waals surface area contributed by atoms with Crippen molar-refractivity contribution in [1.82, 2.24) is 0 Å². The first kappa shape index (κ1) is 18.2. The number of hydrogen-bond acceptors (Lipinski definition) is 3. The maximum absolute atomic E-state index is 12.5. The molecule has 0 fully saturated rings. The molecule has 0 unspecified atom stereocenters. The highest BCUT2D eigenvalue weighted by molar-refractivity contribution is 7.12. The van der Waals surface area contributed by atoms with Crippen LogP contribution >= 0.6 is 11.3 Å². The van der Waals surface area contributed by atoms with E-state index in [0.717, 1.165) is 28.1 Å². The minimum atomic E-state index is -0.0868. The average Bonchev–Trinajstić information content (AvgIpc) is 3.08. The Bertz CT molecular complexity index is 943. The average molecular weight is 365 g/mol. The Labute approximate surface area is 158 Å². The number of carbonyl (C=O) groups excluding carboxylic acids is 1. The minimum absolute atomic E-state index is 0.0868. The number of anilines is 1. The van der Waals surface area contributed by atoms with E-state index in [0.29, 0.717) is 11.5 Å². The van der Waals surface area contributed by atoms with E-state index in [1.165, 1.54) is 22.5 Å². The summed E-state index contributed by atoms with van der Waals surface area (Å²) in [6.07, 6.45) is 0. The fraction of sp³-hybridized carbons (Fsp3) is 0.227. The molecule has 4 heteroatoms. The molecule has 134 valence electrons. The lowest BCUT2D eigenvalue weighted by Gasteiger charge is -2.09. The van der Waals surface area contributed by atoms with E-state index in [9.17, 15) is 4.79 Å². The van der Waals surface area contributed by atoms with Crippen LogP contribution in [0.15, 0.2) is 47.8 Å². The SMILES string of the molecule is Cc1ccc(C)c(OCc2csc(C(=O)Nc3ccc(C)c(C)c3)c2)c1. The molecule has 0 saturated heterocycles. The van der Waals surface area contributed by atoms with E-state index in [1.54, 1.807) is 0 Å². The van der Waals surface area contributed by atoms with Gasteiger partial charge in [0.15, 0.2) is 0 Å². The van der Waals surface area contributed by atoms with Crippen LogP contribution in [-0.4, -0.2) is 5.91 Å². The third-order valence-electron chi connectivity index (χ3n) is 4.38. The Morgan fingerprint density at radius 3 is 2.50 bits per heavy atom. The Kier molecular flexibility index (Phi) is 5.43. The number of ether oxygens (including phenoxy) is 1. The van der Waals surface area contributed by atoms with Gasteiger partial charge >= 0.3 is 0 Å². The van der Waals surface area contributed by atoms with Crippen molar-refractivity contribution >= 4 is 22.9 Å². The second-order valence-corrected chi connectivity index (χ2v) is 7.54. The Morgan fingerprint density at radius 2 is 1.73 bits per heavy atom. The molecule has 0 aliphatic heterocycles. The van der Waals surface area contributed by atoms with Gasteiger partial charge in [-0.1, -0.05) is 18.2 Å². The zero-order valence-corrected chi connectivity index (χ0v) is 16.4. The summed E-state index contributed by atoms with van der Waals surface area (Å²) >= 11 is 1.43. The van der Waals surface area contributed by atoms with E-state index in [2.05, 4.69) is 24.4 Å². The van der Waals surface area contributed by atoms with Crippen molar-refractivity contribution in [3.63, 3.8) is 0 Å². The zero-order chi connectivity index (χ0) is 18.7. The number of aryl methyl sites for hydroxylation is 4. The third-order valence-corrected chi connectivity index (χ3v) is 5.36. The Morgan fingerprint density at radius 1 is 0.962 bits per heavy atom. The van der Waals surface area contributed by atoms with Crippen LogP contribution < -0.4 is 10.1 Å². The maximum atomic E-state index is 12.5. The highest BCUT2D eigenvalue weighted by Gasteiger charge is 2.11. The summed E-state index contributed by atoms with van der Waals surface area (Å²) in [6.45, 7) is 8.63. The van der Waals surface area contributed by atoms with Gasteiger partial charge in [-0.05, 0) is 79.6 Å². The number of rotatable bonds is 5. The summed E-state index contributed by atoms with van der Waals surface area (Å²) in [7, 11) is 0. The van der Waals surface area contributed by atoms with Crippen molar-refractivity contribution in [1.29, 1.82) is 0 Å². The molecule has 1 amide bonds. The van der Waals surface area contributed by atoms with Gasteiger partial charge in [0.05, 0.1) is 4.88 Å². The Hall–Kier alpha value is -2.59. The summed E-state index contributed by atoms with van der Waals surface area (Å²) in [5.41, 5.74) is 6.48. The van der Waals surface area contributed by atoms with Crippen LogP contribution in [0.2, 0.25) is 0 Å². The van der Waals surface area contributed by atoms with Gasteiger partial charge in [0.25, 0.3) is 5.91 Å². The topological polar surface area (TPSA) is 38.3 Å². The fourth-order valence-corrected chi connectivity index (χ4v) is 3.40. The Balaban J connectivity index is 1.64. The second kappa shape index (κ2) is 7.75. The highest BCUT2D eigenvalue weighted by atomic mass is 32.1. The van der Waals surface area contributed by atoms with E-state index in [-0.39, 0.29) is 5.91 Å². The fourth-order valence-electron chi connectivity index (χ4n) is 2.61. The molecule has 0 spiro atoms. The molecule has 3 nitrogen and oxygen atoms in total. The smallest absolute Gasteiger partial charge is 0.265 e. The number of carbonyl (C=O) groups is 1. The van der Waals surface area contributed by atoms with Gasteiger partial charge in [-0.3, -0.25) is 4.79 Å². The van der Waals surface area contributed by atoms with Gasteiger partial charge in [0.2, 0.25) is 0 Å². The summed E-state index contributed by atoms with van der Waals surface area (Å²) in [6, 6.07) is 14.0. The predicted molar refractivity (Wildman–Crippen MR) is 108 cm³/mol. The van der Waals surface area contributed by atoms with Crippen molar-refractivity contribution in [3.05, 3.63) is 80.5 Å². The monoisotopic (exact) mass is 365 g/mol. The lowest BCUT2D eigenvalue weighted by atomic mass is 10.1. The molecule has 0 radical (unpaired) electrons. The van der Waals surface area contributed by atoms with Crippen molar-refractivity contribution < 1.29 is 9.53 Å². The number of benzene rings is 2. The molecular weight excluding hydrogens is 342 g/mol. The van der Waals surface area contributed by atoms with Crippen LogP contribution in [0, 0.1) is 27.7 Å². The van der Waals surface area contributed by atoms with Gasteiger partial charge < -0.3 is 10.1 Å². The first-order valence-electron chi connectivity index (χ1n) is 8.58. The van der Waals surface area contributed by atoms with Crippen LogP contribution in [0.5, 0.6) is 5.75 Å². The lowest BCUT2D eigenvalue weighted by Crippen LogP contribution is -2.10. The second-order valence-electron chi connectivity index (χ2n) is 6.63. The molecule has 3 rings (SSSR count). The standard InChI is InChI=1S/C22H23NO2S/c1-14-5-6-16(3)20(9-14)25-12-18-11-21(26-13-18)22(24)23-19-8-7-15(2)17(4)10-19/h5-11,13H,12H2,1-4H3,(H,23,24). The number of thiophene rings is 1. The number of hydrogen-bond donors (Lipinski definition) is 1. The summed E-state index contributed by atoms with van der Waals surface area (Å²) in [5.74, 6) is 0.800. The lowest BCUT2D eigenvalue weighted by molar-refractivity contribution is 0.103. The zero-order valence-electron chi connectivity index (χ0n) is 15.6. The molecule has 2 aromatic carbocycles. The summed E-state index contributed by atoms with van der Waals surface area (Å²) in [5, 5.41) is 4.93. The molecule has 1 heterocycles. The van der Waals surface area contributed by atoms with Crippen molar-refractivity contribution in [2.75, 3.05) is 5.32 Å². The van der Waals surface area contributed by atoms with Crippen molar-refractivity contribution in [2.45, 2.75) is 34.3 Å². The minimum Gasteiger partial charge on any atom is -0.489 e. The molecule has 0 saturated carbocycles. The number of nitrogens with one attached hydrogen (secondary N) is 1. The molecular formula is C22H23NO2S.